The van der Waals surface area contributed by atoms with Crippen molar-refractivity contribution in [1.82, 2.24) is 0 Å². The number of nitriles is 1. The lowest BCUT2D eigenvalue weighted by Gasteiger charge is -2.32. The van der Waals surface area contributed by atoms with E-state index < -0.39 is 0 Å². The van der Waals surface area contributed by atoms with Gasteiger partial charge in [0.15, 0.2) is 0 Å². The van der Waals surface area contributed by atoms with Crippen LogP contribution in [-0.4, -0.2) is 24.3 Å². The molecule has 1 heterocycles. The van der Waals surface area contributed by atoms with Crippen LogP contribution in [0.5, 0.6) is 0 Å². The summed E-state index contributed by atoms with van der Waals surface area (Å²) >= 11 is 0. The highest BCUT2D eigenvalue weighted by Gasteiger charge is 2.20. The third kappa shape index (κ3) is 2.57. The van der Waals surface area contributed by atoms with Crippen molar-refractivity contribution in [3.63, 3.8) is 0 Å². The van der Waals surface area contributed by atoms with Crippen LogP contribution in [0.25, 0.3) is 0 Å². The summed E-state index contributed by atoms with van der Waals surface area (Å²) in [5.74, 6) is 0. The van der Waals surface area contributed by atoms with Gasteiger partial charge >= 0.3 is 0 Å². The van der Waals surface area contributed by atoms with Crippen molar-refractivity contribution >= 4 is 5.69 Å². The van der Waals surface area contributed by atoms with Crippen molar-refractivity contribution < 1.29 is 5.11 Å². The zero-order valence-electron chi connectivity index (χ0n) is 9.76. The second-order valence-corrected chi connectivity index (χ2v) is 4.41. The normalized spacial score (nSPS) is 20.1. The third-order valence-corrected chi connectivity index (χ3v) is 3.15. The van der Waals surface area contributed by atoms with Crippen LogP contribution in [0.3, 0.4) is 0 Å². The number of nitrogens with two attached hydrogens (primary N) is 1. The SMILES string of the molecule is N#Cc1cc(CN)ccc1N1CCCC(O)C1. The van der Waals surface area contributed by atoms with Gasteiger partial charge in [-0.15, -0.1) is 0 Å². The molecule has 0 spiro atoms. The van der Waals surface area contributed by atoms with Gasteiger partial charge in [0.25, 0.3) is 0 Å². The van der Waals surface area contributed by atoms with Crippen LogP contribution >= 0.6 is 0 Å². The molecule has 1 aromatic carbocycles. The molecule has 0 aromatic heterocycles. The summed E-state index contributed by atoms with van der Waals surface area (Å²) < 4.78 is 0. The van der Waals surface area contributed by atoms with E-state index in [2.05, 4.69) is 11.0 Å². The minimum absolute atomic E-state index is 0.288. The lowest BCUT2D eigenvalue weighted by Crippen LogP contribution is -2.38. The fourth-order valence-electron chi connectivity index (χ4n) is 2.25. The van der Waals surface area contributed by atoms with Crippen molar-refractivity contribution in [2.24, 2.45) is 5.73 Å². The van der Waals surface area contributed by atoms with Crippen molar-refractivity contribution in [3.05, 3.63) is 29.3 Å². The van der Waals surface area contributed by atoms with E-state index in [4.69, 9.17) is 11.0 Å². The summed E-state index contributed by atoms with van der Waals surface area (Å²) in [5, 5.41) is 18.8. The van der Waals surface area contributed by atoms with Crippen LogP contribution in [0.2, 0.25) is 0 Å². The Balaban J connectivity index is 2.28. The summed E-state index contributed by atoms with van der Waals surface area (Å²) in [6.07, 6.45) is 1.52. The van der Waals surface area contributed by atoms with Gasteiger partial charge in [-0.05, 0) is 30.5 Å². The van der Waals surface area contributed by atoms with Crippen LogP contribution in [0.4, 0.5) is 5.69 Å². The zero-order chi connectivity index (χ0) is 12.3. The number of aliphatic hydroxyl groups excluding tert-OH is 1. The summed E-state index contributed by atoms with van der Waals surface area (Å²) in [6, 6.07) is 7.90. The number of nitrogens with zero attached hydrogens (tertiary/aromatic N) is 2. The Hall–Kier alpha value is -1.57. The molecule has 1 saturated heterocycles. The topological polar surface area (TPSA) is 73.3 Å². The van der Waals surface area contributed by atoms with E-state index in [1.165, 1.54) is 0 Å². The molecule has 1 unspecified atom stereocenters. The molecule has 0 aliphatic carbocycles. The number of hydrogen-bond acceptors (Lipinski definition) is 4. The number of piperidine rings is 1. The Morgan fingerprint density at radius 1 is 1.53 bits per heavy atom. The Kier molecular flexibility index (Phi) is 3.62. The highest BCUT2D eigenvalue weighted by atomic mass is 16.3. The van der Waals surface area contributed by atoms with E-state index in [0.29, 0.717) is 18.7 Å². The average Bonchev–Trinajstić information content (AvgIpc) is 2.38. The summed E-state index contributed by atoms with van der Waals surface area (Å²) in [7, 11) is 0. The number of benzene rings is 1. The van der Waals surface area contributed by atoms with E-state index in [0.717, 1.165) is 30.6 Å². The van der Waals surface area contributed by atoms with Gasteiger partial charge in [-0.25, -0.2) is 0 Å². The van der Waals surface area contributed by atoms with E-state index in [-0.39, 0.29) is 6.10 Å². The van der Waals surface area contributed by atoms with Crippen molar-refractivity contribution in [2.75, 3.05) is 18.0 Å². The Morgan fingerprint density at radius 2 is 2.35 bits per heavy atom. The minimum Gasteiger partial charge on any atom is -0.391 e. The van der Waals surface area contributed by atoms with E-state index in [1.807, 2.05) is 18.2 Å². The average molecular weight is 231 g/mol. The van der Waals surface area contributed by atoms with Crippen LogP contribution in [0.1, 0.15) is 24.0 Å². The minimum atomic E-state index is -0.288. The Labute approximate surface area is 101 Å². The van der Waals surface area contributed by atoms with Crippen molar-refractivity contribution in [1.29, 1.82) is 5.26 Å². The molecule has 3 N–H and O–H groups in total. The lowest BCUT2D eigenvalue weighted by molar-refractivity contribution is 0.154. The van der Waals surface area contributed by atoms with Gasteiger partial charge in [-0.2, -0.15) is 5.26 Å². The summed E-state index contributed by atoms with van der Waals surface area (Å²) in [5.41, 5.74) is 8.07. The molecule has 90 valence electrons. The van der Waals surface area contributed by atoms with Gasteiger partial charge in [0.2, 0.25) is 0 Å². The molecule has 0 radical (unpaired) electrons. The first-order chi connectivity index (χ1) is 8.24. The highest BCUT2D eigenvalue weighted by molar-refractivity contribution is 5.60. The van der Waals surface area contributed by atoms with Gasteiger partial charge in [-0.1, -0.05) is 6.07 Å². The van der Waals surface area contributed by atoms with Gasteiger partial charge < -0.3 is 15.7 Å². The van der Waals surface area contributed by atoms with Gasteiger partial charge in [0.05, 0.1) is 17.4 Å². The molecule has 1 aromatic rings. The van der Waals surface area contributed by atoms with Gasteiger partial charge in [-0.3, -0.25) is 0 Å². The molecule has 4 nitrogen and oxygen atoms in total. The van der Waals surface area contributed by atoms with Crippen LogP contribution in [0.15, 0.2) is 18.2 Å². The summed E-state index contributed by atoms with van der Waals surface area (Å²) in [4.78, 5) is 2.08. The smallest absolute Gasteiger partial charge is 0.101 e. The first kappa shape index (κ1) is 11.9. The molecule has 1 aliphatic heterocycles. The molecular weight excluding hydrogens is 214 g/mol. The molecule has 2 rings (SSSR count). The molecular formula is C13H17N3O. The molecule has 0 bridgehead atoms. The quantitative estimate of drug-likeness (QED) is 0.795. The predicted molar refractivity (Wildman–Crippen MR) is 66.5 cm³/mol. The maximum absolute atomic E-state index is 9.66. The van der Waals surface area contributed by atoms with E-state index in [9.17, 15) is 5.11 Å². The standard InChI is InChI=1S/C13H17N3O/c14-7-10-3-4-13(11(6-10)8-15)16-5-1-2-12(17)9-16/h3-4,6,12,17H,1-2,5,7,9,14H2. The number of rotatable bonds is 2. The van der Waals surface area contributed by atoms with E-state index >= 15 is 0 Å². The second kappa shape index (κ2) is 5.17. The molecule has 17 heavy (non-hydrogen) atoms. The molecule has 1 fully saturated rings. The number of hydrogen-bond donors (Lipinski definition) is 2. The van der Waals surface area contributed by atoms with Crippen LogP contribution in [0, 0.1) is 11.3 Å². The Morgan fingerprint density at radius 3 is 3.00 bits per heavy atom. The third-order valence-electron chi connectivity index (χ3n) is 3.15. The van der Waals surface area contributed by atoms with Crippen molar-refractivity contribution in [3.8, 4) is 6.07 Å². The first-order valence-corrected chi connectivity index (χ1v) is 5.90. The molecule has 0 saturated carbocycles. The molecule has 1 atom stereocenters. The maximum Gasteiger partial charge on any atom is 0.101 e. The highest BCUT2D eigenvalue weighted by Crippen LogP contribution is 2.24. The monoisotopic (exact) mass is 231 g/mol. The maximum atomic E-state index is 9.66. The van der Waals surface area contributed by atoms with Gasteiger partial charge in [0, 0.05) is 19.6 Å². The molecule has 0 amide bonds. The largest absolute Gasteiger partial charge is 0.391 e. The molecule has 4 heteroatoms. The lowest BCUT2D eigenvalue weighted by atomic mass is 10.0. The number of aliphatic hydroxyl groups is 1. The zero-order valence-corrected chi connectivity index (χ0v) is 9.76. The molecule has 1 aliphatic rings. The Bertz CT molecular complexity index is 439. The van der Waals surface area contributed by atoms with E-state index in [1.54, 1.807) is 0 Å². The second-order valence-electron chi connectivity index (χ2n) is 4.41. The van der Waals surface area contributed by atoms with Gasteiger partial charge in [0.1, 0.15) is 6.07 Å². The van der Waals surface area contributed by atoms with Crippen molar-refractivity contribution in [2.45, 2.75) is 25.5 Å². The summed E-state index contributed by atoms with van der Waals surface area (Å²) in [6.45, 7) is 1.95. The van der Waals surface area contributed by atoms with Crippen LogP contribution in [-0.2, 0) is 6.54 Å². The van der Waals surface area contributed by atoms with Crippen LogP contribution < -0.4 is 10.6 Å². The predicted octanol–water partition coefficient (Wildman–Crippen LogP) is 0.978. The number of anilines is 1. The fourth-order valence-corrected chi connectivity index (χ4v) is 2.25. The first-order valence-electron chi connectivity index (χ1n) is 5.90. The fraction of sp³-hybridized carbons (Fsp3) is 0.462. The number of β-amino-alcohol motifs (C(OH)–C–C–N with tert-alkyl or cyclic N) is 1.